The quantitative estimate of drug-likeness (QED) is 0.488. The Balaban J connectivity index is 1.40. The molecule has 4 aromatic rings. The fraction of sp³-hybridized carbons (Fsp3) is 0.261. The smallest absolute Gasteiger partial charge is 0.254 e. The van der Waals surface area contributed by atoms with Crippen LogP contribution in [0.15, 0.2) is 54.0 Å². The first-order chi connectivity index (χ1) is 15.1. The van der Waals surface area contributed by atoms with Gasteiger partial charge in [-0.3, -0.25) is 9.69 Å². The highest BCUT2D eigenvalue weighted by atomic mass is 32.1. The SMILES string of the molecule is Cc1cc(C(=O)N2CCN(Cc3cccs3)CC2)c2cnn(-c3ccccc3F)c2n1. The molecule has 0 radical (unpaired) electrons. The molecule has 1 fully saturated rings. The number of amides is 1. The standard InChI is InChI=1S/C23H22FN5OS/c1-16-13-18(19-14-25-29(22(19)26-16)21-7-3-2-6-20(21)24)23(30)28-10-8-27(9-11-28)15-17-5-4-12-31-17/h2-7,12-14H,8-11,15H2,1H3. The Hall–Kier alpha value is -3.10. The number of halogens is 1. The number of carbonyl (C=O) groups excluding carboxylic acids is 1. The zero-order valence-electron chi connectivity index (χ0n) is 17.2. The third kappa shape index (κ3) is 3.84. The summed E-state index contributed by atoms with van der Waals surface area (Å²) in [5.74, 6) is -0.412. The third-order valence-electron chi connectivity index (χ3n) is 5.60. The lowest BCUT2D eigenvalue weighted by Gasteiger charge is -2.34. The molecule has 6 nitrogen and oxygen atoms in total. The van der Waals surface area contributed by atoms with Crippen molar-refractivity contribution in [1.82, 2.24) is 24.6 Å². The molecule has 0 N–H and O–H groups in total. The molecule has 0 saturated carbocycles. The first-order valence-corrected chi connectivity index (χ1v) is 11.1. The molecule has 8 heteroatoms. The van der Waals surface area contributed by atoms with E-state index in [1.54, 1.807) is 41.8 Å². The van der Waals surface area contributed by atoms with Crippen LogP contribution in [0.2, 0.25) is 0 Å². The van der Waals surface area contributed by atoms with Crippen LogP contribution < -0.4 is 0 Å². The van der Waals surface area contributed by atoms with Crippen molar-refractivity contribution in [3.63, 3.8) is 0 Å². The van der Waals surface area contributed by atoms with Gasteiger partial charge in [-0.2, -0.15) is 5.10 Å². The van der Waals surface area contributed by atoms with E-state index in [4.69, 9.17) is 0 Å². The molecule has 1 amide bonds. The van der Waals surface area contributed by atoms with Gasteiger partial charge in [0.2, 0.25) is 0 Å². The van der Waals surface area contributed by atoms with Gasteiger partial charge in [-0.1, -0.05) is 18.2 Å². The first kappa shape index (κ1) is 19.8. The number of fused-ring (bicyclic) bond motifs is 1. The molecule has 1 saturated heterocycles. The predicted octanol–water partition coefficient (Wildman–Crippen LogP) is 3.89. The Labute approximate surface area is 183 Å². The molecule has 0 atom stereocenters. The number of carbonyl (C=O) groups is 1. The van der Waals surface area contributed by atoms with E-state index in [0.29, 0.717) is 41.1 Å². The average Bonchev–Trinajstić information content (AvgIpc) is 3.43. The van der Waals surface area contributed by atoms with Crippen LogP contribution in [0.3, 0.4) is 0 Å². The van der Waals surface area contributed by atoms with Gasteiger partial charge >= 0.3 is 0 Å². The molecule has 1 aliphatic heterocycles. The number of aromatic nitrogens is 3. The maximum atomic E-state index is 14.3. The fourth-order valence-electron chi connectivity index (χ4n) is 4.00. The van der Waals surface area contributed by atoms with E-state index in [2.05, 4.69) is 32.5 Å². The van der Waals surface area contributed by atoms with Crippen molar-refractivity contribution in [2.24, 2.45) is 0 Å². The molecule has 0 spiro atoms. The van der Waals surface area contributed by atoms with Gasteiger partial charge in [0.25, 0.3) is 5.91 Å². The van der Waals surface area contributed by atoms with Crippen molar-refractivity contribution in [3.05, 3.63) is 76.0 Å². The Morgan fingerprint density at radius 2 is 1.94 bits per heavy atom. The Morgan fingerprint density at radius 1 is 1.13 bits per heavy atom. The van der Waals surface area contributed by atoms with Crippen molar-refractivity contribution < 1.29 is 9.18 Å². The largest absolute Gasteiger partial charge is 0.336 e. The summed E-state index contributed by atoms with van der Waals surface area (Å²) in [6, 6.07) is 12.4. The molecule has 5 rings (SSSR count). The Bertz CT molecular complexity index is 1230. The van der Waals surface area contributed by atoms with E-state index < -0.39 is 0 Å². The average molecular weight is 436 g/mol. The summed E-state index contributed by atoms with van der Waals surface area (Å²) in [5, 5.41) is 7.08. The highest BCUT2D eigenvalue weighted by Crippen LogP contribution is 2.24. The lowest BCUT2D eigenvalue weighted by molar-refractivity contribution is 0.0631. The summed E-state index contributed by atoms with van der Waals surface area (Å²) >= 11 is 1.76. The zero-order chi connectivity index (χ0) is 21.4. The van der Waals surface area contributed by atoms with Gasteiger partial charge in [0.05, 0.1) is 17.1 Å². The molecule has 0 bridgehead atoms. The summed E-state index contributed by atoms with van der Waals surface area (Å²) in [4.78, 5) is 23.5. The normalized spacial score (nSPS) is 15.0. The number of nitrogens with zero attached hydrogens (tertiary/aromatic N) is 5. The monoisotopic (exact) mass is 435 g/mol. The van der Waals surface area contributed by atoms with Crippen molar-refractivity contribution in [2.45, 2.75) is 13.5 Å². The van der Waals surface area contributed by atoms with Gasteiger partial charge in [-0.25, -0.2) is 14.1 Å². The van der Waals surface area contributed by atoms with Crippen molar-refractivity contribution in [1.29, 1.82) is 0 Å². The van der Waals surface area contributed by atoms with Crippen LogP contribution >= 0.6 is 11.3 Å². The molecule has 0 aliphatic carbocycles. The summed E-state index contributed by atoms with van der Waals surface area (Å²) in [6.45, 7) is 5.79. The van der Waals surface area contributed by atoms with Crippen LogP contribution in [-0.4, -0.2) is 56.7 Å². The van der Waals surface area contributed by atoms with E-state index in [0.717, 1.165) is 19.6 Å². The highest BCUT2D eigenvalue weighted by molar-refractivity contribution is 7.09. The Morgan fingerprint density at radius 3 is 2.68 bits per heavy atom. The van der Waals surface area contributed by atoms with Crippen molar-refractivity contribution in [3.8, 4) is 5.69 Å². The number of para-hydroxylation sites is 1. The van der Waals surface area contributed by atoms with E-state index >= 15 is 0 Å². The molecule has 158 valence electrons. The van der Waals surface area contributed by atoms with Crippen LogP contribution in [0, 0.1) is 12.7 Å². The van der Waals surface area contributed by atoms with Gasteiger partial charge in [-0.15, -0.1) is 11.3 Å². The number of aryl methyl sites for hydroxylation is 1. The van der Waals surface area contributed by atoms with Crippen LogP contribution in [-0.2, 0) is 6.54 Å². The third-order valence-corrected chi connectivity index (χ3v) is 6.46. The minimum Gasteiger partial charge on any atom is -0.336 e. The minimum atomic E-state index is -0.384. The van der Waals surface area contributed by atoms with Gasteiger partial charge in [0.1, 0.15) is 11.5 Å². The van der Waals surface area contributed by atoms with Crippen LogP contribution in [0.1, 0.15) is 20.9 Å². The second-order valence-corrected chi connectivity index (χ2v) is 8.74. The van der Waals surface area contributed by atoms with E-state index in [1.165, 1.54) is 15.6 Å². The lowest BCUT2D eigenvalue weighted by atomic mass is 10.1. The molecule has 1 aromatic carbocycles. The molecule has 1 aliphatic rings. The summed E-state index contributed by atoms with van der Waals surface area (Å²) < 4.78 is 15.8. The van der Waals surface area contributed by atoms with Crippen LogP contribution in [0.25, 0.3) is 16.7 Å². The first-order valence-electron chi connectivity index (χ1n) is 10.2. The topological polar surface area (TPSA) is 54.3 Å². The zero-order valence-corrected chi connectivity index (χ0v) is 18.0. The fourth-order valence-corrected chi connectivity index (χ4v) is 4.75. The summed E-state index contributed by atoms with van der Waals surface area (Å²) in [7, 11) is 0. The number of thiophene rings is 1. The molecule has 3 aromatic heterocycles. The maximum Gasteiger partial charge on any atom is 0.254 e. The molecule has 31 heavy (non-hydrogen) atoms. The number of rotatable bonds is 4. The number of hydrogen-bond acceptors (Lipinski definition) is 5. The number of pyridine rings is 1. The number of piperazine rings is 1. The van der Waals surface area contributed by atoms with E-state index in [-0.39, 0.29) is 11.7 Å². The highest BCUT2D eigenvalue weighted by Gasteiger charge is 2.25. The predicted molar refractivity (Wildman–Crippen MR) is 119 cm³/mol. The van der Waals surface area contributed by atoms with Crippen LogP contribution in [0.5, 0.6) is 0 Å². The summed E-state index contributed by atoms with van der Waals surface area (Å²) in [5.41, 5.74) is 2.07. The number of benzene rings is 1. The maximum absolute atomic E-state index is 14.3. The van der Waals surface area contributed by atoms with Gasteiger partial charge in [0, 0.05) is 43.3 Å². The van der Waals surface area contributed by atoms with Gasteiger partial charge in [0.15, 0.2) is 5.65 Å². The molecule has 0 unspecified atom stereocenters. The van der Waals surface area contributed by atoms with E-state index in [9.17, 15) is 9.18 Å². The lowest BCUT2D eigenvalue weighted by Crippen LogP contribution is -2.48. The summed E-state index contributed by atoms with van der Waals surface area (Å²) in [6.07, 6.45) is 1.61. The number of hydrogen-bond donors (Lipinski definition) is 0. The minimum absolute atomic E-state index is 0.0284. The second-order valence-electron chi connectivity index (χ2n) is 7.70. The molecular formula is C23H22FN5OS. The van der Waals surface area contributed by atoms with Crippen molar-refractivity contribution >= 4 is 28.3 Å². The van der Waals surface area contributed by atoms with Gasteiger partial charge < -0.3 is 4.90 Å². The molecule has 4 heterocycles. The Kier molecular flexibility index (Phi) is 5.25. The molecular weight excluding hydrogens is 413 g/mol. The van der Waals surface area contributed by atoms with Crippen molar-refractivity contribution in [2.75, 3.05) is 26.2 Å². The second kappa shape index (κ2) is 8.20. The van der Waals surface area contributed by atoms with E-state index in [1.807, 2.05) is 11.8 Å². The van der Waals surface area contributed by atoms with Gasteiger partial charge in [-0.05, 0) is 36.6 Å². The van der Waals surface area contributed by atoms with Crippen LogP contribution in [0.4, 0.5) is 4.39 Å².